The lowest BCUT2D eigenvalue weighted by atomic mass is 9.98. The molecule has 12 aromatic rings. The summed E-state index contributed by atoms with van der Waals surface area (Å²) in [4.78, 5) is 2.34. The zero-order valence-electron chi connectivity index (χ0n) is 31.2. The van der Waals surface area contributed by atoms with E-state index in [4.69, 9.17) is 8.83 Å². The Balaban J connectivity index is 0.956. The minimum Gasteiger partial charge on any atom is -0.456 e. The van der Waals surface area contributed by atoms with Gasteiger partial charge in [-0.2, -0.15) is 0 Å². The molecule has 0 aliphatic heterocycles. The lowest BCUT2D eigenvalue weighted by Crippen LogP contribution is -2.09. The first kappa shape index (κ1) is 32.8. The molecule has 0 fully saturated rings. The quantitative estimate of drug-likeness (QED) is 0.169. The summed E-state index contributed by atoms with van der Waals surface area (Å²) in [6.45, 7) is 0. The number of para-hydroxylation sites is 2. The summed E-state index contributed by atoms with van der Waals surface area (Å²) >= 11 is 1.85. The number of hydrogen-bond acceptors (Lipinski definition) is 4. The molecule has 0 atom stereocenters. The van der Waals surface area contributed by atoms with Gasteiger partial charge in [0, 0.05) is 58.8 Å². The molecule has 0 amide bonds. The van der Waals surface area contributed by atoms with Gasteiger partial charge in [0.05, 0.1) is 0 Å². The highest BCUT2D eigenvalue weighted by atomic mass is 32.1. The lowest BCUT2D eigenvalue weighted by molar-refractivity contribution is 0.668. The number of nitrogens with zero attached hydrogens (tertiary/aromatic N) is 1. The summed E-state index contributed by atoms with van der Waals surface area (Å²) in [7, 11) is 0. The van der Waals surface area contributed by atoms with Crippen LogP contribution in [0, 0.1) is 0 Å². The average Bonchev–Trinajstić information content (AvgIpc) is 3.98. The highest BCUT2D eigenvalue weighted by molar-refractivity contribution is 7.25. The second-order valence-electron chi connectivity index (χ2n) is 14.8. The fourth-order valence-electron chi connectivity index (χ4n) is 8.77. The molecule has 0 aliphatic carbocycles. The first-order valence-electron chi connectivity index (χ1n) is 19.6. The molecule has 4 heteroatoms. The van der Waals surface area contributed by atoms with Crippen LogP contribution < -0.4 is 4.90 Å². The van der Waals surface area contributed by atoms with Crippen LogP contribution in [0.3, 0.4) is 0 Å². The first-order valence-corrected chi connectivity index (χ1v) is 20.4. The number of fused-ring (bicyclic) bond motifs is 9. The van der Waals surface area contributed by atoms with Crippen molar-refractivity contribution >= 4 is 92.4 Å². The van der Waals surface area contributed by atoms with E-state index in [-0.39, 0.29) is 0 Å². The smallest absolute Gasteiger partial charge is 0.136 e. The van der Waals surface area contributed by atoms with E-state index in [1.807, 2.05) is 35.6 Å². The predicted octanol–water partition coefficient (Wildman–Crippen LogP) is 16.3. The standard InChI is InChI=1S/C54H33NO2S/c1-4-14-47-44(10-1)53-41(12-7-16-49(53)56-47)35-21-28-39(29-22-35)55(38-26-19-34(20-27-38)37-25-32-52-46(33-37)43-9-3-6-18-51(43)58-52)40-30-23-36(24-31-40)42-13-8-17-50-54(42)45-11-2-5-15-48(45)57-50/h1-33H. The number of anilines is 3. The number of rotatable bonds is 6. The van der Waals surface area contributed by atoms with Crippen molar-refractivity contribution in [3.63, 3.8) is 0 Å². The normalized spacial score (nSPS) is 11.8. The molecule has 9 aromatic carbocycles. The van der Waals surface area contributed by atoms with Crippen LogP contribution in [0.2, 0.25) is 0 Å². The molecule has 0 N–H and O–H groups in total. The van der Waals surface area contributed by atoms with Gasteiger partial charge in [-0.15, -0.1) is 11.3 Å². The van der Waals surface area contributed by atoms with Crippen LogP contribution in [0.1, 0.15) is 0 Å². The Morgan fingerprint density at radius 3 is 1.29 bits per heavy atom. The fraction of sp³-hybridized carbons (Fsp3) is 0. The average molecular weight is 760 g/mol. The van der Waals surface area contributed by atoms with E-state index in [1.165, 1.54) is 31.3 Å². The topological polar surface area (TPSA) is 29.5 Å². The Morgan fingerprint density at radius 2 is 0.741 bits per heavy atom. The number of furan rings is 2. The Morgan fingerprint density at radius 1 is 0.310 bits per heavy atom. The van der Waals surface area contributed by atoms with Crippen molar-refractivity contribution < 1.29 is 8.83 Å². The van der Waals surface area contributed by atoms with Crippen molar-refractivity contribution in [1.29, 1.82) is 0 Å². The molecule has 58 heavy (non-hydrogen) atoms. The van der Waals surface area contributed by atoms with E-state index in [0.29, 0.717) is 0 Å². The maximum atomic E-state index is 6.24. The Bertz CT molecular complexity index is 3340. The van der Waals surface area contributed by atoms with Gasteiger partial charge in [0.15, 0.2) is 0 Å². The summed E-state index contributed by atoms with van der Waals surface area (Å²) in [5.74, 6) is 0. The van der Waals surface area contributed by atoms with E-state index < -0.39 is 0 Å². The SMILES string of the molecule is c1ccc2c(c1)oc1cccc(-c3ccc(N(c4ccc(-c5ccc6sc7ccccc7c6c5)cc4)c4ccc(-c5cccc6oc7ccccc7c56)cc4)cc3)c12. The molecule has 0 saturated carbocycles. The van der Waals surface area contributed by atoms with Crippen LogP contribution in [0.15, 0.2) is 209 Å². The van der Waals surface area contributed by atoms with Gasteiger partial charge in [-0.05, 0) is 112 Å². The minimum atomic E-state index is 0.898. The van der Waals surface area contributed by atoms with E-state index in [9.17, 15) is 0 Å². The van der Waals surface area contributed by atoms with Gasteiger partial charge in [-0.1, -0.05) is 121 Å². The van der Waals surface area contributed by atoms with Crippen molar-refractivity contribution in [2.24, 2.45) is 0 Å². The summed E-state index contributed by atoms with van der Waals surface area (Å²) < 4.78 is 15.1. The lowest BCUT2D eigenvalue weighted by Gasteiger charge is -2.26. The molecular formula is C54H33NO2S. The van der Waals surface area contributed by atoms with Gasteiger partial charge < -0.3 is 13.7 Å². The van der Waals surface area contributed by atoms with Crippen LogP contribution in [-0.2, 0) is 0 Å². The second-order valence-corrected chi connectivity index (χ2v) is 15.9. The molecule has 12 rings (SSSR count). The highest BCUT2D eigenvalue weighted by Crippen LogP contribution is 2.43. The Hall–Kier alpha value is -7.40. The molecule has 3 aromatic heterocycles. The fourth-order valence-corrected chi connectivity index (χ4v) is 9.85. The van der Waals surface area contributed by atoms with Crippen LogP contribution in [0.4, 0.5) is 17.1 Å². The number of benzene rings is 9. The molecule has 272 valence electrons. The van der Waals surface area contributed by atoms with E-state index in [1.54, 1.807) is 0 Å². The summed E-state index contributed by atoms with van der Waals surface area (Å²) in [6.07, 6.45) is 0. The van der Waals surface area contributed by atoms with Gasteiger partial charge in [0.2, 0.25) is 0 Å². The highest BCUT2D eigenvalue weighted by Gasteiger charge is 2.18. The molecular weight excluding hydrogens is 727 g/mol. The van der Waals surface area contributed by atoms with Crippen molar-refractivity contribution in [1.82, 2.24) is 0 Å². The van der Waals surface area contributed by atoms with E-state index >= 15 is 0 Å². The van der Waals surface area contributed by atoms with Gasteiger partial charge >= 0.3 is 0 Å². The largest absolute Gasteiger partial charge is 0.456 e. The van der Waals surface area contributed by atoms with Crippen molar-refractivity contribution in [2.75, 3.05) is 4.90 Å². The maximum absolute atomic E-state index is 6.24. The van der Waals surface area contributed by atoms with Crippen molar-refractivity contribution in [2.45, 2.75) is 0 Å². The van der Waals surface area contributed by atoms with Crippen LogP contribution >= 0.6 is 11.3 Å². The van der Waals surface area contributed by atoms with Gasteiger partial charge in [-0.3, -0.25) is 0 Å². The molecule has 3 nitrogen and oxygen atoms in total. The molecule has 0 radical (unpaired) electrons. The molecule has 0 spiro atoms. The maximum Gasteiger partial charge on any atom is 0.136 e. The van der Waals surface area contributed by atoms with Crippen LogP contribution in [0.25, 0.3) is 97.4 Å². The monoisotopic (exact) mass is 759 g/mol. The summed E-state index contributed by atoms with van der Waals surface area (Å²) in [5, 5.41) is 7.16. The molecule has 0 bridgehead atoms. The predicted molar refractivity (Wildman–Crippen MR) is 245 cm³/mol. The van der Waals surface area contributed by atoms with Crippen molar-refractivity contribution in [3.8, 4) is 33.4 Å². The molecule has 0 aliphatic rings. The third kappa shape index (κ3) is 5.27. The van der Waals surface area contributed by atoms with Gasteiger partial charge in [0.25, 0.3) is 0 Å². The van der Waals surface area contributed by atoms with Crippen LogP contribution in [-0.4, -0.2) is 0 Å². The zero-order valence-corrected chi connectivity index (χ0v) is 32.0. The summed E-state index contributed by atoms with van der Waals surface area (Å²) in [6, 6.07) is 71.5. The third-order valence-corrected chi connectivity index (χ3v) is 12.7. The Kier molecular flexibility index (Phi) is 7.40. The van der Waals surface area contributed by atoms with E-state index in [2.05, 4.69) is 181 Å². The molecule has 0 saturated heterocycles. The first-order chi connectivity index (χ1) is 28.7. The van der Waals surface area contributed by atoms with Gasteiger partial charge in [0.1, 0.15) is 22.3 Å². The van der Waals surface area contributed by atoms with Gasteiger partial charge in [-0.25, -0.2) is 0 Å². The van der Waals surface area contributed by atoms with Crippen molar-refractivity contribution in [3.05, 3.63) is 200 Å². The minimum absolute atomic E-state index is 0.898. The number of hydrogen-bond donors (Lipinski definition) is 0. The number of thiophene rings is 1. The molecule has 3 heterocycles. The zero-order chi connectivity index (χ0) is 38.2. The Labute approximate surface area is 338 Å². The van der Waals surface area contributed by atoms with Crippen LogP contribution in [0.5, 0.6) is 0 Å². The second kappa shape index (κ2) is 13.1. The third-order valence-electron chi connectivity index (χ3n) is 11.5. The summed E-state index contributed by atoms with van der Waals surface area (Å²) in [5.41, 5.74) is 13.8. The molecule has 0 unspecified atom stereocenters. The van der Waals surface area contributed by atoms with E-state index in [0.717, 1.165) is 83.2 Å².